The monoisotopic (exact) mass is 356 g/mol. The lowest BCUT2D eigenvalue weighted by atomic mass is 10.1. The van der Waals surface area contributed by atoms with E-state index in [2.05, 4.69) is 9.98 Å². The SMILES string of the molecule is O=C(O)[C@H]1CSC(c2ccc(-c3nc4ccc(O)cc4s3)cc2)=N1. The minimum Gasteiger partial charge on any atom is -0.508 e. The number of nitrogens with zero attached hydrogens (tertiary/aromatic N) is 2. The maximum Gasteiger partial charge on any atom is 0.329 e. The van der Waals surface area contributed by atoms with Gasteiger partial charge in [0, 0.05) is 16.9 Å². The van der Waals surface area contributed by atoms with Crippen LogP contribution in [0.15, 0.2) is 47.5 Å². The molecule has 2 aromatic carbocycles. The fourth-order valence-corrected chi connectivity index (χ4v) is 4.49. The lowest BCUT2D eigenvalue weighted by Gasteiger charge is -2.01. The Kier molecular flexibility index (Phi) is 3.74. The number of aliphatic imine (C=N–C) groups is 1. The molecule has 0 fully saturated rings. The molecule has 1 aliphatic heterocycles. The van der Waals surface area contributed by atoms with Crippen molar-refractivity contribution in [3.05, 3.63) is 48.0 Å². The van der Waals surface area contributed by atoms with Crippen LogP contribution in [-0.2, 0) is 4.79 Å². The summed E-state index contributed by atoms with van der Waals surface area (Å²) in [6.45, 7) is 0. The van der Waals surface area contributed by atoms with E-state index in [0.717, 1.165) is 31.4 Å². The number of aromatic hydroxyl groups is 1. The number of carboxylic acids is 1. The number of benzene rings is 2. The third-order valence-corrected chi connectivity index (χ3v) is 5.85. The maximum absolute atomic E-state index is 11.0. The van der Waals surface area contributed by atoms with Crippen molar-refractivity contribution in [2.24, 2.45) is 4.99 Å². The Balaban J connectivity index is 1.63. The molecule has 4 rings (SSSR count). The van der Waals surface area contributed by atoms with E-state index in [1.807, 2.05) is 24.3 Å². The van der Waals surface area contributed by atoms with Gasteiger partial charge in [-0.3, -0.25) is 4.99 Å². The van der Waals surface area contributed by atoms with Gasteiger partial charge in [0.15, 0.2) is 6.04 Å². The largest absolute Gasteiger partial charge is 0.508 e. The molecule has 0 spiro atoms. The van der Waals surface area contributed by atoms with Gasteiger partial charge >= 0.3 is 5.97 Å². The van der Waals surface area contributed by atoms with E-state index in [0.29, 0.717) is 5.75 Å². The van der Waals surface area contributed by atoms with Crippen LogP contribution in [0.2, 0.25) is 0 Å². The molecule has 0 saturated carbocycles. The minimum absolute atomic E-state index is 0.234. The van der Waals surface area contributed by atoms with Gasteiger partial charge in [0.05, 0.1) is 15.3 Å². The molecule has 0 aliphatic carbocycles. The lowest BCUT2D eigenvalue weighted by molar-refractivity contribution is -0.137. The van der Waals surface area contributed by atoms with Crippen molar-refractivity contribution in [2.75, 3.05) is 5.75 Å². The molecule has 120 valence electrons. The van der Waals surface area contributed by atoms with Crippen molar-refractivity contribution in [2.45, 2.75) is 6.04 Å². The van der Waals surface area contributed by atoms with Crippen molar-refractivity contribution in [3.8, 4) is 16.3 Å². The fourth-order valence-electron chi connectivity index (χ4n) is 2.45. The molecule has 0 amide bonds. The molecule has 0 saturated heterocycles. The van der Waals surface area contributed by atoms with E-state index in [1.54, 1.807) is 18.2 Å². The number of phenolic OH excluding ortho intramolecular Hbond substituents is 1. The number of carboxylic acid groups (broad SMARTS) is 1. The van der Waals surface area contributed by atoms with Crippen LogP contribution >= 0.6 is 23.1 Å². The van der Waals surface area contributed by atoms with E-state index < -0.39 is 12.0 Å². The molecule has 2 N–H and O–H groups in total. The predicted octanol–water partition coefficient (Wildman–Crippen LogP) is 3.62. The van der Waals surface area contributed by atoms with Crippen LogP contribution in [-0.4, -0.2) is 38.0 Å². The first-order valence-electron chi connectivity index (χ1n) is 7.24. The minimum atomic E-state index is -0.883. The average molecular weight is 356 g/mol. The van der Waals surface area contributed by atoms with Crippen molar-refractivity contribution >= 4 is 44.3 Å². The molecule has 3 aromatic rings. The second-order valence-electron chi connectivity index (χ2n) is 5.35. The van der Waals surface area contributed by atoms with Crippen LogP contribution in [0.3, 0.4) is 0 Å². The molecule has 0 unspecified atom stereocenters. The zero-order chi connectivity index (χ0) is 16.7. The van der Waals surface area contributed by atoms with E-state index >= 15 is 0 Å². The number of carbonyl (C=O) groups is 1. The predicted molar refractivity (Wildman–Crippen MR) is 97.1 cm³/mol. The molecule has 2 heterocycles. The zero-order valence-corrected chi connectivity index (χ0v) is 14.0. The summed E-state index contributed by atoms with van der Waals surface area (Å²) in [5.74, 6) is -0.169. The topological polar surface area (TPSA) is 82.8 Å². The summed E-state index contributed by atoms with van der Waals surface area (Å²) in [5, 5.41) is 20.2. The van der Waals surface area contributed by atoms with E-state index in [9.17, 15) is 9.90 Å². The van der Waals surface area contributed by atoms with Gasteiger partial charge in [0.1, 0.15) is 10.8 Å². The Morgan fingerprint density at radius 2 is 1.88 bits per heavy atom. The van der Waals surface area contributed by atoms with E-state index in [4.69, 9.17) is 5.11 Å². The molecule has 0 radical (unpaired) electrons. The van der Waals surface area contributed by atoms with Gasteiger partial charge in [-0.15, -0.1) is 23.1 Å². The Hall–Kier alpha value is -2.38. The van der Waals surface area contributed by atoms with Gasteiger partial charge in [-0.25, -0.2) is 9.78 Å². The number of thiazole rings is 1. The molecular weight excluding hydrogens is 344 g/mol. The summed E-state index contributed by atoms with van der Waals surface area (Å²) in [6.07, 6.45) is 0. The summed E-state index contributed by atoms with van der Waals surface area (Å²) >= 11 is 2.99. The number of aliphatic carboxylic acids is 1. The summed E-state index contributed by atoms with van der Waals surface area (Å²) in [5.41, 5.74) is 2.76. The summed E-state index contributed by atoms with van der Waals surface area (Å²) in [4.78, 5) is 19.8. The fraction of sp³-hybridized carbons (Fsp3) is 0.118. The highest BCUT2D eigenvalue weighted by Gasteiger charge is 2.25. The zero-order valence-electron chi connectivity index (χ0n) is 12.3. The molecule has 0 bridgehead atoms. The quantitative estimate of drug-likeness (QED) is 0.749. The summed E-state index contributed by atoms with van der Waals surface area (Å²) in [6, 6.07) is 12.3. The highest BCUT2D eigenvalue weighted by Crippen LogP contribution is 2.33. The van der Waals surface area contributed by atoms with Gasteiger partial charge in [-0.05, 0) is 18.2 Å². The molecule has 1 aromatic heterocycles. The van der Waals surface area contributed by atoms with Gasteiger partial charge in [0.25, 0.3) is 0 Å². The molecule has 5 nitrogen and oxygen atoms in total. The number of fused-ring (bicyclic) bond motifs is 1. The summed E-state index contributed by atoms with van der Waals surface area (Å²) < 4.78 is 0.939. The standard InChI is InChI=1S/C17H12N2O3S2/c20-11-5-6-12-14(7-11)24-16(18-12)10-3-1-9(2-4-10)15-19-13(8-23-15)17(21)22/h1-7,13,20H,8H2,(H,21,22)/t13-/m1/s1. The van der Waals surface area contributed by atoms with E-state index in [1.165, 1.54) is 23.1 Å². The average Bonchev–Trinajstić information content (AvgIpc) is 3.21. The molecular formula is C17H12N2O3S2. The second kappa shape index (κ2) is 5.92. The first-order valence-corrected chi connectivity index (χ1v) is 9.04. The van der Waals surface area contributed by atoms with Crippen LogP contribution in [0.4, 0.5) is 0 Å². The lowest BCUT2D eigenvalue weighted by Crippen LogP contribution is -2.17. The van der Waals surface area contributed by atoms with Crippen molar-refractivity contribution < 1.29 is 15.0 Å². The maximum atomic E-state index is 11.0. The number of phenols is 1. The third-order valence-electron chi connectivity index (χ3n) is 3.69. The van der Waals surface area contributed by atoms with Crippen LogP contribution in [0.5, 0.6) is 5.75 Å². The van der Waals surface area contributed by atoms with E-state index in [-0.39, 0.29) is 5.75 Å². The Morgan fingerprint density at radius 3 is 2.58 bits per heavy atom. The van der Waals surface area contributed by atoms with Crippen molar-refractivity contribution in [1.29, 1.82) is 0 Å². The van der Waals surface area contributed by atoms with Gasteiger partial charge in [-0.2, -0.15) is 0 Å². The van der Waals surface area contributed by atoms with Gasteiger partial charge in [0.2, 0.25) is 0 Å². The first-order chi connectivity index (χ1) is 11.6. The second-order valence-corrected chi connectivity index (χ2v) is 7.39. The Morgan fingerprint density at radius 1 is 1.12 bits per heavy atom. The molecule has 24 heavy (non-hydrogen) atoms. The highest BCUT2D eigenvalue weighted by atomic mass is 32.2. The molecule has 1 atom stereocenters. The van der Waals surface area contributed by atoms with Crippen LogP contribution in [0, 0.1) is 0 Å². The normalized spacial score (nSPS) is 17.2. The summed E-state index contributed by atoms with van der Waals surface area (Å²) in [7, 11) is 0. The van der Waals surface area contributed by atoms with Crippen LogP contribution in [0.25, 0.3) is 20.8 Å². The van der Waals surface area contributed by atoms with Crippen LogP contribution in [0.1, 0.15) is 5.56 Å². The van der Waals surface area contributed by atoms with Gasteiger partial charge in [-0.1, -0.05) is 24.3 Å². The molecule has 7 heteroatoms. The number of hydrogen-bond acceptors (Lipinski definition) is 6. The number of hydrogen-bond donors (Lipinski definition) is 2. The number of rotatable bonds is 3. The van der Waals surface area contributed by atoms with Crippen LogP contribution < -0.4 is 0 Å². The Labute approximate surface area is 145 Å². The van der Waals surface area contributed by atoms with Crippen molar-refractivity contribution in [1.82, 2.24) is 4.98 Å². The third kappa shape index (κ3) is 2.76. The Bertz CT molecular complexity index is 964. The first kappa shape index (κ1) is 15.2. The molecule has 1 aliphatic rings. The smallest absolute Gasteiger partial charge is 0.329 e. The number of aromatic nitrogens is 1. The number of thioether (sulfide) groups is 1. The van der Waals surface area contributed by atoms with Gasteiger partial charge < -0.3 is 10.2 Å². The highest BCUT2D eigenvalue weighted by molar-refractivity contribution is 8.14. The van der Waals surface area contributed by atoms with Crippen molar-refractivity contribution in [3.63, 3.8) is 0 Å².